The Morgan fingerprint density at radius 1 is 1.25 bits per heavy atom. The van der Waals surface area contributed by atoms with Crippen LogP contribution in [0, 0.1) is 5.92 Å². The SMILES string of the molecule is CN=C(NCCCC(C)C)NCCSC.I. The highest BCUT2D eigenvalue weighted by Gasteiger charge is 1.97. The van der Waals surface area contributed by atoms with Gasteiger partial charge in [-0.15, -0.1) is 24.0 Å². The van der Waals surface area contributed by atoms with E-state index in [-0.39, 0.29) is 24.0 Å². The number of guanidine groups is 1. The van der Waals surface area contributed by atoms with Crippen LogP contribution >= 0.6 is 35.7 Å². The first-order valence-electron chi connectivity index (χ1n) is 5.64. The number of nitrogens with zero attached hydrogens (tertiary/aromatic N) is 1. The molecule has 0 saturated heterocycles. The van der Waals surface area contributed by atoms with Crippen LogP contribution in [0.2, 0.25) is 0 Å². The fourth-order valence-corrected chi connectivity index (χ4v) is 1.52. The van der Waals surface area contributed by atoms with Gasteiger partial charge in [0.25, 0.3) is 0 Å². The van der Waals surface area contributed by atoms with Crippen LogP contribution in [0.5, 0.6) is 0 Å². The quantitative estimate of drug-likeness (QED) is 0.318. The van der Waals surface area contributed by atoms with Crippen molar-refractivity contribution in [2.24, 2.45) is 10.9 Å². The molecule has 0 aromatic rings. The third-order valence-electron chi connectivity index (χ3n) is 2.07. The van der Waals surface area contributed by atoms with E-state index in [2.05, 4.69) is 35.7 Å². The molecule has 2 N–H and O–H groups in total. The molecule has 0 spiro atoms. The lowest BCUT2D eigenvalue weighted by atomic mass is 10.1. The zero-order chi connectivity index (χ0) is 11.5. The molecule has 0 saturated carbocycles. The largest absolute Gasteiger partial charge is 0.356 e. The third-order valence-corrected chi connectivity index (χ3v) is 2.69. The summed E-state index contributed by atoms with van der Waals surface area (Å²) < 4.78 is 0. The molecule has 0 rings (SSSR count). The minimum atomic E-state index is 0. The molecule has 0 bridgehead atoms. The van der Waals surface area contributed by atoms with Crippen molar-refractivity contribution in [1.82, 2.24) is 10.6 Å². The second kappa shape index (κ2) is 13.4. The van der Waals surface area contributed by atoms with Crippen molar-refractivity contribution in [3.63, 3.8) is 0 Å². The maximum atomic E-state index is 4.16. The highest BCUT2D eigenvalue weighted by Crippen LogP contribution is 2.01. The van der Waals surface area contributed by atoms with Crippen LogP contribution in [0.1, 0.15) is 26.7 Å². The normalized spacial score (nSPS) is 11.2. The molecule has 0 aliphatic heterocycles. The first kappa shape index (κ1) is 18.7. The summed E-state index contributed by atoms with van der Waals surface area (Å²) in [7, 11) is 1.82. The van der Waals surface area contributed by atoms with Crippen molar-refractivity contribution >= 4 is 41.7 Å². The molecule has 16 heavy (non-hydrogen) atoms. The molecule has 0 unspecified atom stereocenters. The molecule has 3 nitrogen and oxygen atoms in total. The zero-order valence-electron chi connectivity index (χ0n) is 10.9. The van der Waals surface area contributed by atoms with Gasteiger partial charge in [-0.3, -0.25) is 4.99 Å². The number of aliphatic imine (C=N–C) groups is 1. The van der Waals surface area contributed by atoms with Gasteiger partial charge in [0.2, 0.25) is 0 Å². The Labute approximate surface area is 122 Å². The van der Waals surface area contributed by atoms with E-state index >= 15 is 0 Å². The molecule has 0 aromatic carbocycles. The molecule has 5 heteroatoms. The van der Waals surface area contributed by atoms with E-state index in [9.17, 15) is 0 Å². The maximum absolute atomic E-state index is 4.16. The van der Waals surface area contributed by atoms with E-state index in [1.807, 2.05) is 18.8 Å². The van der Waals surface area contributed by atoms with Gasteiger partial charge in [0, 0.05) is 25.9 Å². The highest BCUT2D eigenvalue weighted by molar-refractivity contribution is 14.0. The summed E-state index contributed by atoms with van der Waals surface area (Å²) in [6, 6.07) is 0. The van der Waals surface area contributed by atoms with E-state index in [0.717, 1.165) is 30.7 Å². The standard InChI is InChI=1S/C11H25N3S.HI/c1-10(2)6-5-7-13-11(12-3)14-8-9-15-4;/h10H,5-9H2,1-4H3,(H2,12,13,14);1H. The summed E-state index contributed by atoms with van der Waals surface area (Å²) >= 11 is 1.84. The Bertz CT molecular complexity index is 175. The second-order valence-corrected chi connectivity index (χ2v) is 4.94. The fraction of sp³-hybridized carbons (Fsp3) is 0.909. The fourth-order valence-electron chi connectivity index (χ4n) is 1.21. The number of thioether (sulfide) groups is 1. The van der Waals surface area contributed by atoms with E-state index in [4.69, 9.17) is 0 Å². The molecule has 0 fully saturated rings. The Morgan fingerprint density at radius 2 is 1.88 bits per heavy atom. The Kier molecular flexibility index (Phi) is 15.7. The maximum Gasteiger partial charge on any atom is 0.191 e. The Hall–Kier alpha value is 0.350. The van der Waals surface area contributed by atoms with Crippen molar-refractivity contribution in [2.45, 2.75) is 26.7 Å². The van der Waals surface area contributed by atoms with Crippen molar-refractivity contribution in [3.05, 3.63) is 0 Å². The molecule has 0 heterocycles. The van der Waals surface area contributed by atoms with Crippen molar-refractivity contribution in [1.29, 1.82) is 0 Å². The molecule has 98 valence electrons. The molecule has 0 radical (unpaired) electrons. The Balaban J connectivity index is 0. The lowest BCUT2D eigenvalue weighted by molar-refractivity contribution is 0.549. The topological polar surface area (TPSA) is 36.4 Å². The summed E-state index contributed by atoms with van der Waals surface area (Å²) in [5.74, 6) is 2.83. The van der Waals surface area contributed by atoms with Gasteiger partial charge in [0.15, 0.2) is 5.96 Å². The molecule has 0 aromatic heterocycles. The highest BCUT2D eigenvalue weighted by atomic mass is 127. The number of halogens is 1. The molecular formula is C11H26IN3S. The predicted octanol–water partition coefficient (Wildman–Crippen LogP) is 2.57. The third kappa shape index (κ3) is 12.4. The van der Waals surface area contributed by atoms with Crippen LogP contribution in [0.3, 0.4) is 0 Å². The minimum Gasteiger partial charge on any atom is -0.356 e. The van der Waals surface area contributed by atoms with Gasteiger partial charge in [0.1, 0.15) is 0 Å². The van der Waals surface area contributed by atoms with Crippen molar-refractivity contribution in [2.75, 3.05) is 32.1 Å². The van der Waals surface area contributed by atoms with Crippen molar-refractivity contribution in [3.8, 4) is 0 Å². The number of hydrogen-bond donors (Lipinski definition) is 2. The number of hydrogen-bond acceptors (Lipinski definition) is 2. The molecule has 0 amide bonds. The van der Waals surface area contributed by atoms with Gasteiger partial charge in [0.05, 0.1) is 0 Å². The van der Waals surface area contributed by atoms with E-state index in [1.165, 1.54) is 12.8 Å². The van der Waals surface area contributed by atoms with Crippen LogP contribution in [0.4, 0.5) is 0 Å². The molecular weight excluding hydrogens is 333 g/mol. The lowest BCUT2D eigenvalue weighted by Crippen LogP contribution is -2.38. The predicted molar refractivity (Wildman–Crippen MR) is 87.2 cm³/mol. The molecule has 0 atom stereocenters. The van der Waals surface area contributed by atoms with Gasteiger partial charge in [-0.05, 0) is 25.0 Å². The first-order valence-corrected chi connectivity index (χ1v) is 7.03. The minimum absolute atomic E-state index is 0. The van der Waals surface area contributed by atoms with Crippen LogP contribution in [0.15, 0.2) is 4.99 Å². The monoisotopic (exact) mass is 359 g/mol. The van der Waals surface area contributed by atoms with Crippen LogP contribution in [0.25, 0.3) is 0 Å². The van der Waals surface area contributed by atoms with Gasteiger partial charge in [-0.25, -0.2) is 0 Å². The lowest BCUT2D eigenvalue weighted by Gasteiger charge is -2.11. The van der Waals surface area contributed by atoms with Gasteiger partial charge in [-0.2, -0.15) is 11.8 Å². The van der Waals surface area contributed by atoms with Crippen molar-refractivity contribution < 1.29 is 0 Å². The average molecular weight is 359 g/mol. The smallest absolute Gasteiger partial charge is 0.191 e. The van der Waals surface area contributed by atoms with Crippen LogP contribution in [-0.2, 0) is 0 Å². The summed E-state index contributed by atoms with van der Waals surface area (Å²) in [6.07, 6.45) is 4.59. The van der Waals surface area contributed by atoms with Crippen LogP contribution in [-0.4, -0.2) is 38.1 Å². The first-order chi connectivity index (χ1) is 7.20. The van der Waals surface area contributed by atoms with E-state index < -0.39 is 0 Å². The van der Waals surface area contributed by atoms with Gasteiger partial charge >= 0.3 is 0 Å². The van der Waals surface area contributed by atoms with E-state index in [1.54, 1.807) is 0 Å². The summed E-state index contributed by atoms with van der Waals surface area (Å²) in [4.78, 5) is 4.16. The number of nitrogens with one attached hydrogen (secondary N) is 2. The van der Waals surface area contributed by atoms with Crippen LogP contribution < -0.4 is 10.6 Å². The summed E-state index contributed by atoms with van der Waals surface area (Å²) in [5, 5.41) is 6.59. The van der Waals surface area contributed by atoms with Gasteiger partial charge < -0.3 is 10.6 Å². The molecule has 0 aliphatic carbocycles. The zero-order valence-corrected chi connectivity index (χ0v) is 14.0. The summed E-state index contributed by atoms with van der Waals surface area (Å²) in [6.45, 7) is 6.50. The average Bonchev–Trinajstić information content (AvgIpc) is 2.21. The van der Waals surface area contributed by atoms with Gasteiger partial charge in [-0.1, -0.05) is 13.8 Å². The Morgan fingerprint density at radius 3 is 2.38 bits per heavy atom. The molecule has 0 aliphatic rings. The second-order valence-electron chi connectivity index (χ2n) is 3.95. The summed E-state index contributed by atoms with van der Waals surface area (Å²) in [5.41, 5.74) is 0. The number of rotatable bonds is 7. The van der Waals surface area contributed by atoms with E-state index in [0.29, 0.717) is 0 Å².